The zero-order valence-electron chi connectivity index (χ0n) is 6.35. The Labute approximate surface area is 57.5 Å². The highest BCUT2D eigenvalue weighted by Crippen LogP contribution is 1.96. The van der Waals surface area contributed by atoms with Crippen LogP contribution in [-0.4, -0.2) is 5.71 Å². The van der Waals surface area contributed by atoms with Crippen LogP contribution >= 0.6 is 0 Å². The van der Waals surface area contributed by atoms with Gasteiger partial charge in [0.2, 0.25) is 0 Å². The topological polar surface area (TPSA) is 12.4 Å². The summed E-state index contributed by atoms with van der Waals surface area (Å²) in [5, 5.41) is 0. The van der Waals surface area contributed by atoms with Crippen molar-refractivity contribution in [3.05, 3.63) is 12.8 Å². The Hall–Kier alpha value is -0.590. The predicted octanol–water partition coefficient (Wildman–Crippen LogP) is 2.78. The van der Waals surface area contributed by atoms with Crippen molar-refractivity contribution in [1.29, 1.82) is 0 Å². The van der Waals surface area contributed by atoms with Crippen molar-refractivity contribution in [2.24, 2.45) is 4.99 Å². The van der Waals surface area contributed by atoms with E-state index >= 15 is 0 Å². The number of hydrogen-bond donors (Lipinski definition) is 0. The molecule has 0 rings (SSSR count). The SMILES string of the molecule is C=CN=C(CC)CCC. The average Bonchev–Trinajstić information content (AvgIpc) is 1.88. The highest BCUT2D eigenvalue weighted by atomic mass is 14.7. The Morgan fingerprint density at radius 1 is 1.56 bits per heavy atom. The lowest BCUT2D eigenvalue weighted by molar-refractivity contribution is 0.966. The summed E-state index contributed by atoms with van der Waals surface area (Å²) in [6.45, 7) is 7.83. The molecule has 0 spiro atoms. The molecule has 0 fully saturated rings. The first-order valence-corrected chi connectivity index (χ1v) is 3.51. The van der Waals surface area contributed by atoms with Crippen LogP contribution in [0.1, 0.15) is 33.1 Å². The van der Waals surface area contributed by atoms with Crippen molar-refractivity contribution in [2.75, 3.05) is 0 Å². The summed E-state index contributed by atoms with van der Waals surface area (Å²) in [5.41, 5.74) is 1.26. The molecule has 1 heteroatoms. The summed E-state index contributed by atoms with van der Waals surface area (Å²) in [4.78, 5) is 4.11. The number of nitrogens with zero attached hydrogens (tertiary/aromatic N) is 1. The molecule has 0 bridgehead atoms. The molecule has 0 unspecified atom stereocenters. The molecule has 0 aromatic rings. The Morgan fingerprint density at radius 3 is 2.56 bits per heavy atom. The molecule has 0 saturated heterocycles. The molecule has 0 aliphatic heterocycles. The molecule has 0 aromatic heterocycles. The van der Waals surface area contributed by atoms with E-state index in [1.54, 1.807) is 6.20 Å². The molecule has 9 heavy (non-hydrogen) atoms. The maximum atomic E-state index is 4.11. The summed E-state index contributed by atoms with van der Waals surface area (Å²) >= 11 is 0. The van der Waals surface area contributed by atoms with Gasteiger partial charge in [0.05, 0.1) is 0 Å². The normalized spacial score (nSPS) is 11.6. The zero-order chi connectivity index (χ0) is 7.11. The van der Waals surface area contributed by atoms with Crippen LogP contribution in [0, 0.1) is 0 Å². The van der Waals surface area contributed by atoms with Crippen LogP contribution in [0.2, 0.25) is 0 Å². The highest BCUT2D eigenvalue weighted by molar-refractivity contribution is 5.84. The average molecular weight is 125 g/mol. The van der Waals surface area contributed by atoms with Crippen molar-refractivity contribution >= 4 is 5.71 Å². The van der Waals surface area contributed by atoms with Crippen LogP contribution in [-0.2, 0) is 0 Å². The van der Waals surface area contributed by atoms with E-state index in [0.717, 1.165) is 12.8 Å². The van der Waals surface area contributed by atoms with Crippen molar-refractivity contribution in [3.8, 4) is 0 Å². The second kappa shape index (κ2) is 5.54. The molecule has 0 N–H and O–H groups in total. The molecule has 0 radical (unpaired) electrons. The zero-order valence-corrected chi connectivity index (χ0v) is 6.35. The third-order valence-electron chi connectivity index (χ3n) is 1.22. The minimum absolute atomic E-state index is 1.06. The third kappa shape index (κ3) is 3.95. The van der Waals surface area contributed by atoms with Crippen LogP contribution in [0.15, 0.2) is 17.8 Å². The van der Waals surface area contributed by atoms with Crippen LogP contribution in [0.5, 0.6) is 0 Å². The van der Waals surface area contributed by atoms with Gasteiger partial charge in [-0.3, -0.25) is 4.99 Å². The van der Waals surface area contributed by atoms with Crippen LogP contribution in [0.3, 0.4) is 0 Å². The maximum Gasteiger partial charge on any atom is 0.0195 e. The number of aliphatic imine (C=N–C) groups is 1. The Bertz CT molecular complexity index is 103. The first-order valence-electron chi connectivity index (χ1n) is 3.51. The lowest BCUT2D eigenvalue weighted by Gasteiger charge is -1.96. The Kier molecular flexibility index (Phi) is 5.18. The molecule has 0 amide bonds. The highest BCUT2D eigenvalue weighted by Gasteiger charge is 1.89. The van der Waals surface area contributed by atoms with E-state index < -0.39 is 0 Å². The molecular formula is C8H15N. The van der Waals surface area contributed by atoms with E-state index in [1.807, 2.05) is 0 Å². The molecule has 0 heterocycles. The van der Waals surface area contributed by atoms with Gasteiger partial charge in [-0.2, -0.15) is 0 Å². The monoisotopic (exact) mass is 125 g/mol. The summed E-state index contributed by atoms with van der Waals surface area (Å²) in [6.07, 6.45) is 4.97. The standard InChI is InChI=1S/C8H15N/c1-4-7-8(5-2)9-6-3/h6H,3-5,7H2,1-2H3. The van der Waals surface area contributed by atoms with E-state index in [1.165, 1.54) is 12.1 Å². The molecule has 0 aliphatic rings. The smallest absolute Gasteiger partial charge is 0.0195 e. The fourth-order valence-corrected chi connectivity index (χ4v) is 0.750. The molecule has 52 valence electrons. The van der Waals surface area contributed by atoms with E-state index in [9.17, 15) is 0 Å². The second-order valence-electron chi connectivity index (χ2n) is 1.98. The van der Waals surface area contributed by atoms with Gasteiger partial charge in [-0.05, 0) is 12.8 Å². The van der Waals surface area contributed by atoms with Crippen molar-refractivity contribution in [2.45, 2.75) is 33.1 Å². The van der Waals surface area contributed by atoms with Crippen molar-refractivity contribution < 1.29 is 0 Å². The first-order chi connectivity index (χ1) is 4.35. The lowest BCUT2D eigenvalue weighted by Crippen LogP contribution is -1.92. The Balaban J connectivity index is 3.66. The van der Waals surface area contributed by atoms with Gasteiger partial charge in [0.1, 0.15) is 0 Å². The summed E-state index contributed by atoms with van der Waals surface area (Å²) in [7, 11) is 0. The number of hydrogen-bond acceptors (Lipinski definition) is 1. The predicted molar refractivity (Wildman–Crippen MR) is 42.8 cm³/mol. The molecular weight excluding hydrogens is 110 g/mol. The molecule has 1 nitrogen and oxygen atoms in total. The molecule has 0 aromatic carbocycles. The van der Waals surface area contributed by atoms with Crippen molar-refractivity contribution in [3.63, 3.8) is 0 Å². The van der Waals surface area contributed by atoms with E-state index in [0.29, 0.717) is 0 Å². The van der Waals surface area contributed by atoms with Gasteiger partial charge >= 0.3 is 0 Å². The largest absolute Gasteiger partial charge is 0.266 e. The van der Waals surface area contributed by atoms with Gasteiger partial charge < -0.3 is 0 Å². The fourth-order valence-electron chi connectivity index (χ4n) is 0.750. The van der Waals surface area contributed by atoms with Gasteiger partial charge in [0.25, 0.3) is 0 Å². The van der Waals surface area contributed by atoms with Crippen LogP contribution < -0.4 is 0 Å². The van der Waals surface area contributed by atoms with Gasteiger partial charge in [0, 0.05) is 11.9 Å². The van der Waals surface area contributed by atoms with Crippen molar-refractivity contribution in [1.82, 2.24) is 0 Å². The third-order valence-corrected chi connectivity index (χ3v) is 1.22. The van der Waals surface area contributed by atoms with Gasteiger partial charge in [-0.25, -0.2) is 0 Å². The quantitative estimate of drug-likeness (QED) is 0.512. The minimum Gasteiger partial charge on any atom is -0.266 e. The van der Waals surface area contributed by atoms with E-state index in [2.05, 4.69) is 25.4 Å². The van der Waals surface area contributed by atoms with Gasteiger partial charge in [0.15, 0.2) is 0 Å². The van der Waals surface area contributed by atoms with Crippen LogP contribution in [0.4, 0.5) is 0 Å². The summed E-state index contributed by atoms with van der Waals surface area (Å²) in [6, 6.07) is 0. The van der Waals surface area contributed by atoms with Crippen LogP contribution in [0.25, 0.3) is 0 Å². The molecule has 0 saturated carbocycles. The first kappa shape index (κ1) is 8.41. The Morgan fingerprint density at radius 2 is 2.22 bits per heavy atom. The molecule has 0 atom stereocenters. The van der Waals surface area contributed by atoms with E-state index in [-0.39, 0.29) is 0 Å². The minimum atomic E-state index is 1.06. The van der Waals surface area contributed by atoms with Gasteiger partial charge in [-0.1, -0.05) is 26.8 Å². The number of rotatable bonds is 4. The molecule has 0 aliphatic carbocycles. The fraction of sp³-hybridized carbons (Fsp3) is 0.625. The van der Waals surface area contributed by atoms with E-state index in [4.69, 9.17) is 0 Å². The summed E-state index contributed by atoms with van der Waals surface area (Å²) in [5.74, 6) is 0. The van der Waals surface area contributed by atoms with Gasteiger partial charge in [-0.15, -0.1) is 0 Å². The second-order valence-corrected chi connectivity index (χ2v) is 1.98. The summed E-state index contributed by atoms with van der Waals surface area (Å²) < 4.78 is 0. The lowest BCUT2D eigenvalue weighted by atomic mass is 10.2. The maximum absolute atomic E-state index is 4.11.